The van der Waals surface area contributed by atoms with Gasteiger partial charge in [-0.15, -0.1) is 0 Å². The minimum Gasteiger partial charge on any atom is -0.463 e. The highest BCUT2D eigenvalue weighted by molar-refractivity contribution is 5.69. The Bertz CT molecular complexity index is 481. The molecule has 10 nitrogen and oxygen atoms in total. The number of carbonyl (C=O) groups is 1. The largest absolute Gasteiger partial charge is 0.463 e. The molecule has 0 fully saturated rings. The second kappa shape index (κ2) is 36.2. The van der Waals surface area contributed by atoms with Crippen LogP contribution >= 0.6 is 0 Å². The average Bonchev–Trinajstić information content (AvgIpc) is 2.95. The third kappa shape index (κ3) is 35.2. The molecule has 0 amide bonds. The molecule has 0 radical (unpaired) electrons. The summed E-state index contributed by atoms with van der Waals surface area (Å²) in [5, 5.41) is 0. The van der Waals surface area contributed by atoms with E-state index in [2.05, 4.69) is 6.92 Å². The molecule has 0 N–H and O–H groups in total. The molecule has 0 spiro atoms. The molecule has 0 aromatic heterocycles. The summed E-state index contributed by atoms with van der Waals surface area (Å²) in [4.78, 5) is 11.2. The monoisotopic (exact) mass is 580 g/mol. The van der Waals surface area contributed by atoms with E-state index >= 15 is 0 Å². The first-order valence-corrected chi connectivity index (χ1v) is 15.6. The summed E-state index contributed by atoms with van der Waals surface area (Å²) in [5.41, 5.74) is 0. The molecule has 0 bridgehead atoms. The summed E-state index contributed by atoms with van der Waals surface area (Å²) in [6, 6.07) is 0. The van der Waals surface area contributed by atoms with Crippen LogP contribution in [0.1, 0.15) is 78.1 Å². The quantitative estimate of drug-likeness (QED) is 0.0781. The van der Waals surface area contributed by atoms with Crippen LogP contribution in [-0.4, -0.2) is 118 Å². The van der Waals surface area contributed by atoms with Crippen LogP contribution in [0.25, 0.3) is 0 Å². The van der Waals surface area contributed by atoms with Crippen LogP contribution in [0.4, 0.5) is 0 Å². The maximum atomic E-state index is 11.2. The first-order chi connectivity index (χ1) is 19.8. The standard InChI is InChI=1S/C30H60O10/c1-3-5-6-7-8-9-10-11-13-32-14-15-33-16-17-34-18-19-35-20-21-36-22-23-37-24-25-38-26-27-39-28-29-40-30(31)12-4-2/h3-29H2,1-2H3. The minimum atomic E-state index is -0.181. The van der Waals surface area contributed by atoms with Gasteiger partial charge in [-0.1, -0.05) is 58.8 Å². The van der Waals surface area contributed by atoms with Crippen molar-refractivity contribution in [1.82, 2.24) is 0 Å². The molecule has 0 aliphatic heterocycles. The number of rotatable bonds is 35. The molecule has 10 heteroatoms. The number of unbranched alkanes of at least 4 members (excludes halogenated alkanes) is 7. The predicted molar refractivity (Wildman–Crippen MR) is 155 cm³/mol. The van der Waals surface area contributed by atoms with Crippen molar-refractivity contribution in [3.05, 3.63) is 0 Å². The Morgan fingerprint density at radius 3 is 1.00 bits per heavy atom. The van der Waals surface area contributed by atoms with Gasteiger partial charge < -0.3 is 42.6 Å². The van der Waals surface area contributed by atoms with E-state index in [0.29, 0.717) is 106 Å². The van der Waals surface area contributed by atoms with Gasteiger partial charge in [-0.05, 0) is 12.8 Å². The van der Waals surface area contributed by atoms with Crippen molar-refractivity contribution in [1.29, 1.82) is 0 Å². The molecule has 0 aliphatic rings. The fourth-order valence-corrected chi connectivity index (χ4v) is 3.47. The van der Waals surface area contributed by atoms with Crippen LogP contribution < -0.4 is 0 Å². The highest BCUT2D eigenvalue weighted by Crippen LogP contribution is 2.08. The van der Waals surface area contributed by atoms with Crippen molar-refractivity contribution >= 4 is 5.97 Å². The van der Waals surface area contributed by atoms with Gasteiger partial charge in [0.15, 0.2) is 0 Å². The van der Waals surface area contributed by atoms with Gasteiger partial charge in [-0.25, -0.2) is 0 Å². The lowest BCUT2D eigenvalue weighted by molar-refractivity contribution is -0.145. The summed E-state index contributed by atoms with van der Waals surface area (Å²) in [5.74, 6) is -0.181. The van der Waals surface area contributed by atoms with E-state index in [1.165, 1.54) is 44.9 Å². The van der Waals surface area contributed by atoms with Crippen LogP contribution in [-0.2, 0) is 47.4 Å². The van der Waals surface area contributed by atoms with E-state index in [1.807, 2.05) is 6.92 Å². The Balaban J connectivity index is 3.04. The van der Waals surface area contributed by atoms with Gasteiger partial charge >= 0.3 is 5.97 Å². The highest BCUT2D eigenvalue weighted by atomic mass is 16.6. The molecule has 0 atom stereocenters. The summed E-state index contributed by atoms with van der Waals surface area (Å²) in [6.07, 6.45) is 11.8. The van der Waals surface area contributed by atoms with Crippen LogP contribution in [0.3, 0.4) is 0 Å². The number of hydrogen-bond acceptors (Lipinski definition) is 10. The van der Waals surface area contributed by atoms with E-state index in [0.717, 1.165) is 19.4 Å². The summed E-state index contributed by atoms with van der Waals surface area (Å²) in [6.45, 7) is 13.2. The van der Waals surface area contributed by atoms with Gasteiger partial charge in [0.25, 0.3) is 0 Å². The van der Waals surface area contributed by atoms with Gasteiger partial charge in [0, 0.05) is 13.0 Å². The summed E-state index contributed by atoms with van der Waals surface area (Å²) < 4.78 is 48.7. The van der Waals surface area contributed by atoms with Crippen molar-refractivity contribution in [2.24, 2.45) is 0 Å². The SMILES string of the molecule is CCCCCCCCCCOCCOCCOCCOCCOCCOCCOCCOCCOC(=O)CCC. The van der Waals surface area contributed by atoms with Crippen LogP contribution in [0.5, 0.6) is 0 Å². The lowest BCUT2D eigenvalue weighted by Gasteiger charge is -2.09. The van der Waals surface area contributed by atoms with E-state index in [-0.39, 0.29) is 12.6 Å². The highest BCUT2D eigenvalue weighted by Gasteiger charge is 2.00. The Morgan fingerprint density at radius 1 is 0.350 bits per heavy atom. The van der Waals surface area contributed by atoms with Crippen molar-refractivity contribution in [3.8, 4) is 0 Å². The fourth-order valence-electron chi connectivity index (χ4n) is 3.47. The molecule has 0 rings (SSSR count). The fraction of sp³-hybridized carbons (Fsp3) is 0.967. The molecule has 0 heterocycles. The molecule has 0 saturated heterocycles. The lowest BCUT2D eigenvalue weighted by atomic mass is 10.1. The predicted octanol–water partition coefficient (Wildman–Crippen LogP) is 4.60. The molecular formula is C30H60O10. The zero-order valence-corrected chi connectivity index (χ0v) is 25.7. The maximum absolute atomic E-state index is 11.2. The Morgan fingerprint density at radius 2 is 0.650 bits per heavy atom. The van der Waals surface area contributed by atoms with E-state index in [4.69, 9.17) is 42.6 Å². The lowest BCUT2D eigenvalue weighted by Crippen LogP contribution is -2.15. The van der Waals surface area contributed by atoms with E-state index in [9.17, 15) is 4.79 Å². The number of ether oxygens (including phenoxy) is 9. The third-order valence-corrected chi connectivity index (χ3v) is 5.69. The topological polar surface area (TPSA) is 100 Å². The van der Waals surface area contributed by atoms with Crippen LogP contribution in [0.2, 0.25) is 0 Å². The Kier molecular flexibility index (Phi) is 35.4. The maximum Gasteiger partial charge on any atom is 0.305 e. The molecule has 40 heavy (non-hydrogen) atoms. The first-order valence-electron chi connectivity index (χ1n) is 15.6. The number of esters is 1. The van der Waals surface area contributed by atoms with Crippen molar-refractivity contribution in [2.45, 2.75) is 78.1 Å². The molecule has 240 valence electrons. The number of hydrogen-bond donors (Lipinski definition) is 0. The summed E-state index contributed by atoms with van der Waals surface area (Å²) >= 11 is 0. The molecule has 0 saturated carbocycles. The van der Waals surface area contributed by atoms with Gasteiger partial charge in [-0.3, -0.25) is 4.79 Å². The molecule has 0 aromatic rings. The second-order valence-electron chi connectivity index (χ2n) is 9.34. The Labute approximate surface area is 244 Å². The number of carbonyl (C=O) groups excluding carboxylic acids is 1. The van der Waals surface area contributed by atoms with Crippen LogP contribution in [0.15, 0.2) is 0 Å². The Hall–Kier alpha value is -0.850. The summed E-state index contributed by atoms with van der Waals surface area (Å²) in [7, 11) is 0. The van der Waals surface area contributed by atoms with Crippen molar-refractivity contribution < 1.29 is 47.4 Å². The average molecular weight is 581 g/mol. The molecule has 0 aromatic carbocycles. The van der Waals surface area contributed by atoms with E-state index < -0.39 is 0 Å². The smallest absolute Gasteiger partial charge is 0.305 e. The van der Waals surface area contributed by atoms with E-state index in [1.54, 1.807) is 0 Å². The molecule has 0 unspecified atom stereocenters. The zero-order valence-electron chi connectivity index (χ0n) is 25.7. The molecule has 0 aliphatic carbocycles. The van der Waals surface area contributed by atoms with Gasteiger partial charge in [0.2, 0.25) is 0 Å². The van der Waals surface area contributed by atoms with Crippen LogP contribution in [0, 0.1) is 0 Å². The van der Waals surface area contributed by atoms with Crippen molar-refractivity contribution in [2.75, 3.05) is 112 Å². The van der Waals surface area contributed by atoms with Crippen molar-refractivity contribution in [3.63, 3.8) is 0 Å². The normalized spacial score (nSPS) is 11.3. The minimum absolute atomic E-state index is 0.181. The molecular weight excluding hydrogens is 520 g/mol. The van der Waals surface area contributed by atoms with Gasteiger partial charge in [-0.2, -0.15) is 0 Å². The second-order valence-corrected chi connectivity index (χ2v) is 9.34. The van der Waals surface area contributed by atoms with Gasteiger partial charge in [0.1, 0.15) is 6.61 Å². The zero-order chi connectivity index (χ0) is 29.0. The third-order valence-electron chi connectivity index (χ3n) is 5.69. The first kappa shape index (κ1) is 39.1. The van der Waals surface area contributed by atoms with Gasteiger partial charge in [0.05, 0.1) is 99.1 Å².